The van der Waals surface area contributed by atoms with Crippen LogP contribution in [0.5, 0.6) is 5.75 Å². The summed E-state index contributed by atoms with van der Waals surface area (Å²) < 4.78 is 68.7. The van der Waals surface area contributed by atoms with Crippen LogP contribution >= 0.6 is 0 Å². The number of benzene rings is 3. The summed E-state index contributed by atoms with van der Waals surface area (Å²) in [6, 6.07) is 18.5. The van der Waals surface area contributed by atoms with Crippen molar-refractivity contribution in [1.82, 2.24) is 4.31 Å². The number of ether oxygens (including phenoxy) is 1. The van der Waals surface area contributed by atoms with Gasteiger partial charge >= 0.3 is 6.36 Å². The van der Waals surface area contributed by atoms with E-state index in [0.717, 1.165) is 11.1 Å². The monoisotopic (exact) mass is 562 g/mol. The fourth-order valence-corrected chi connectivity index (χ4v) is 6.72. The molecule has 39 heavy (non-hydrogen) atoms. The molecular formula is C28H29F3N2O5S. The molecule has 1 aliphatic heterocycles. The summed E-state index contributed by atoms with van der Waals surface area (Å²) in [6.07, 6.45) is -2.30. The molecule has 2 N–H and O–H groups in total. The van der Waals surface area contributed by atoms with Gasteiger partial charge in [0.15, 0.2) is 0 Å². The summed E-state index contributed by atoms with van der Waals surface area (Å²) in [4.78, 5) is 13.3. The number of alkyl halides is 3. The number of rotatable bonds is 8. The predicted octanol–water partition coefficient (Wildman–Crippen LogP) is 5.31. The lowest BCUT2D eigenvalue weighted by atomic mass is 9.94. The third-order valence-electron chi connectivity index (χ3n) is 7.27. The largest absolute Gasteiger partial charge is 0.573 e. The zero-order valence-electron chi connectivity index (χ0n) is 20.8. The van der Waals surface area contributed by atoms with Crippen LogP contribution in [0.1, 0.15) is 32.7 Å². The second kappa shape index (κ2) is 10.3. The van der Waals surface area contributed by atoms with E-state index in [2.05, 4.69) is 10.1 Å². The van der Waals surface area contributed by atoms with Crippen LogP contribution in [0, 0.1) is 0 Å². The smallest absolute Gasteiger partial charge is 0.406 e. The number of amides is 1. The van der Waals surface area contributed by atoms with Gasteiger partial charge in [0, 0.05) is 19.7 Å². The number of hydrogen-bond acceptors (Lipinski definition) is 5. The van der Waals surface area contributed by atoms with Crippen molar-refractivity contribution in [3.05, 3.63) is 78.4 Å². The van der Waals surface area contributed by atoms with E-state index in [0.29, 0.717) is 43.5 Å². The molecule has 0 bridgehead atoms. The second-order valence-electron chi connectivity index (χ2n) is 9.81. The van der Waals surface area contributed by atoms with Gasteiger partial charge in [-0.1, -0.05) is 36.4 Å². The van der Waals surface area contributed by atoms with Gasteiger partial charge < -0.3 is 15.2 Å². The molecule has 7 nitrogen and oxygen atoms in total. The molecule has 3 aromatic rings. The first-order chi connectivity index (χ1) is 18.5. The van der Waals surface area contributed by atoms with Crippen molar-refractivity contribution in [3.63, 3.8) is 0 Å². The standard InChI is InChI=1S/C28H27F3N2O5S.H2/c29-28(30,31)38-24-10-8-21(9-11-24)27(14-15-27)26(35)32-22-4-1-3-20(17-22)19-6-12-25(13-7-19)39(36,37)33-16-2-5-23(33)18-34;/h1,3-4,6-13,17,23,34H,2,5,14-16,18H2,(H,32,35);1H/t23-;/m1./s1. The molecule has 0 radical (unpaired) electrons. The molecule has 1 amide bonds. The number of sulfonamides is 1. The van der Waals surface area contributed by atoms with Crippen LogP contribution in [0.2, 0.25) is 0 Å². The van der Waals surface area contributed by atoms with Gasteiger partial charge in [-0.05, 0) is 78.8 Å². The van der Waals surface area contributed by atoms with Crippen LogP contribution in [0.15, 0.2) is 77.7 Å². The van der Waals surface area contributed by atoms with E-state index >= 15 is 0 Å². The molecule has 208 valence electrons. The maximum absolute atomic E-state index is 13.2. The molecule has 2 fully saturated rings. The van der Waals surface area contributed by atoms with Gasteiger partial charge in [-0.3, -0.25) is 4.79 Å². The first-order valence-corrected chi connectivity index (χ1v) is 14.0. The molecule has 0 spiro atoms. The van der Waals surface area contributed by atoms with Gasteiger partial charge in [-0.15, -0.1) is 13.2 Å². The summed E-state index contributed by atoms with van der Waals surface area (Å²) in [5.41, 5.74) is 1.87. The normalized spacial score (nSPS) is 19.0. The van der Waals surface area contributed by atoms with Gasteiger partial charge in [0.2, 0.25) is 15.9 Å². The summed E-state index contributed by atoms with van der Waals surface area (Å²) in [7, 11) is -3.72. The molecule has 1 saturated heterocycles. The Kier molecular flexibility index (Phi) is 7.17. The highest BCUT2D eigenvalue weighted by molar-refractivity contribution is 7.89. The molecule has 0 aromatic heterocycles. The summed E-state index contributed by atoms with van der Waals surface area (Å²) in [5.74, 6) is -0.600. The minimum Gasteiger partial charge on any atom is -0.406 e. The Labute approximate surface area is 225 Å². The van der Waals surface area contributed by atoms with E-state index in [9.17, 15) is 31.5 Å². The van der Waals surface area contributed by atoms with Crippen molar-refractivity contribution in [2.75, 3.05) is 18.5 Å². The highest BCUT2D eigenvalue weighted by Gasteiger charge is 2.51. The Hall–Kier alpha value is -3.41. The van der Waals surface area contributed by atoms with Crippen LogP contribution < -0.4 is 10.1 Å². The van der Waals surface area contributed by atoms with E-state index in [1.165, 1.54) is 40.7 Å². The molecule has 1 heterocycles. The van der Waals surface area contributed by atoms with Gasteiger partial charge in [0.1, 0.15) is 5.75 Å². The van der Waals surface area contributed by atoms with E-state index < -0.39 is 27.8 Å². The quantitative estimate of drug-likeness (QED) is 0.388. The summed E-state index contributed by atoms with van der Waals surface area (Å²) >= 11 is 0. The third-order valence-corrected chi connectivity index (χ3v) is 9.24. The number of aliphatic hydroxyl groups is 1. The van der Waals surface area contributed by atoms with Crippen molar-refractivity contribution in [2.45, 2.75) is 48.4 Å². The fraction of sp³-hybridized carbons (Fsp3) is 0.321. The van der Waals surface area contributed by atoms with Gasteiger partial charge in [-0.2, -0.15) is 4.31 Å². The van der Waals surface area contributed by atoms with E-state index in [1.807, 2.05) is 6.07 Å². The molecule has 1 aliphatic carbocycles. The van der Waals surface area contributed by atoms with E-state index in [1.54, 1.807) is 30.3 Å². The van der Waals surface area contributed by atoms with Gasteiger partial charge in [-0.25, -0.2) is 8.42 Å². The number of carbonyl (C=O) groups is 1. The van der Waals surface area contributed by atoms with Crippen LogP contribution in [0.4, 0.5) is 18.9 Å². The van der Waals surface area contributed by atoms with Crippen molar-refractivity contribution >= 4 is 21.6 Å². The van der Waals surface area contributed by atoms with Crippen LogP contribution in [0.25, 0.3) is 11.1 Å². The number of nitrogens with zero attached hydrogens (tertiary/aromatic N) is 1. The number of nitrogens with one attached hydrogen (secondary N) is 1. The maximum atomic E-state index is 13.2. The number of aliphatic hydroxyl groups excluding tert-OH is 1. The average molecular weight is 563 g/mol. The molecule has 3 aromatic carbocycles. The fourth-order valence-electron chi connectivity index (χ4n) is 5.04. The molecule has 2 aliphatic rings. The van der Waals surface area contributed by atoms with Crippen LogP contribution in [-0.4, -0.2) is 49.3 Å². The molecule has 1 saturated carbocycles. The lowest BCUT2D eigenvalue weighted by molar-refractivity contribution is -0.274. The van der Waals surface area contributed by atoms with E-state index in [-0.39, 0.29) is 24.6 Å². The molecule has 0 unspecified atom stereocenters. The zero-order chi connectivity index (χ0) is 27.8. The highest BCUT2D eigenvalue weighted by Crippen LogP contribution is 2.49. The van der Waals surface area contributed by atoms with E-state index in [4.69, 9.17) is 0 Å². The lowest BCUT2D eigenvalue weighted by Crippen LogP contribution is -2.37. The minimum absolute atomic E-state index is 0. The minimum atomic E-state index is -4.79. The Bertz CT molecular complexity index is 1460. The van der Waals surface area contributed by atoms with Gasteiger partial charge in [0.05, 0.1) is 16.9 Å². The van der Waals surface area contributed by atoms with Crippen molar-refractivity contribution in [1.29, 1.82) is 0 Å². The first-order valence-electron chi connectivity index (χ1n) is 12.5. The average Bonchev–Trinajstić information content (AvgIpc) is 3.57. The Morgan fingerprint density at radius 1 is 1.05 bits per heavy atom. The Morgan fingerprint density at radius 2 is 1.74 bits per heavy atom. The Morgan fingerprint density at radius 3 is 2.36 bits per heavy atom. The molecular weight excluding hydrogens is 533 g/mol. The zero-order valence-corrected chi connectivity index (χ0v) is 21.6. The Balaban J connectivity index is 0.00000370. The number of anilines is 1. The van der Waals surface area contributed by atoms with Crippen LogP contribution in [-0.2, 0) is 20.2 Å². The number of halogens is 3. The maximum Gasteiger partial charge on any atom is 0.573 e. The first kappa shape index (κ1) is 27.2. The molecule has 11 heteroatoms. The lowest BCUT2D eigenvalue weighted by Gasteiger charge is -2.22. The topological polar surface area (TPSA) is 95.9 Å². The summed E-state index contributed by atoms with van der Waals surface area (Å²) in [5, 5.41) is 12.4. The van der Waals surface area contributed by atoms with Crippen LogP contribution in [0.3, 0.4) is 0 Å². The van der Waals surface area contributed by atoms with Gasteiger partial charge in [0.25, 0.3) is 0 Å². The molecule has 5 rings (SSSR count). The SMILES string of the molecule is O=C(Nc1cccc(-c2ccc(S(=O)(=O)N3CCC[C@@H]3CO)cc2)c1)C1(c2ccc(OC(F)(F)F)cc2)CC1.[HH]. The van der Waals surface area contributed by atoms with Crippen molar-refractivity contribution in [3.8, 4) is 16.9 Å². The second-order valence-corrected chi connectivity index (χ2v) is 11.7. The highest BCUT2D eigenvalue weighted by atomic mass is 32.2. The number of hydrogen-bond donors (Lipinski definition) is 2. The van der Waals surface area contributed by atoms with Crippen molar-refractivity contribution in [2.24, 2.45) is 0 Å². The summed E-state index contributed by atoms with van der Waals surface area (Å²) in [6.45, 7) is 0.166. The number of carbonyl (C=O) groups excluding carboxylic acids is 1. The third kappa shape index (κ3) is 5.66. The predicted molar refractivity (Wildman–Crippen MR) is 141 cm³/mol. The molecule has 1 atom stereocenters. The van der Waals surface area contributed by atoms with Crippen molar-refractivity contribution < 1.29 is 37.7 Å².